The molecule has 1 aromatic carbocycles. The molecule has 0 aliphatic rings. The maximum atomic E-state index is 8.84. The van der Waals surface area contributed by atoms with Crippen LogP contribution in [0.3, 0.4) is 0 Å². The maximum Gasteiger partial charge on any atom is 0.101 e. The number of rotatable bonds is 3. The van der Waals surface area contributed by atoms with E-state index in [2.05, 4.69) is 24.1 Å². The summed E-state index contributed by atoms with van der Waals surface area (Å²) in [6.07, 6.45) is 0. The second kappa shape index (κ2) is 5.60. The third kappa shape index (κ3) is 3.06. The molecule has 19 heavy (non-hydrogen) atoms. The van der Waals surface area contributed by atoms with Crippen molar-refractivity contribution in [3.63, 3.8) is 0 Å². The molecule has 0 radical (unpaired) electrons. The number of nitriles is 1. The van der Waals surface area contributed by atoms with E-state index >= 15 is 0 Å². The lowest BCUT2D eigenvalue weighted by Gasteiger charge is -2.14. The Hall–Kier alpha value is -1.57. The van der Waals surface area contributed by atoms with Crippen LogP contribution in [-0.2, 0) is 0 Å². The first-order valence-corrected chi connectivity index (χ1v) is 7.11. The van der Waals surface area contributed by atoms with Crippen LogP contribution in [0.25, 0.3) is 0 Å². The Balaban J connectivity index is 2.20. The van der Waals surface area contributed by atoms with Gasteiger partial charge in [-0.2, -0.15) is 5.26 Å². The van der Waals surface area contributed by atoms with Crippen molar-refractivity contribution in [2.45, 2.75) is 26.8 Å². The molecule has 0 amide bonds. The zero-order chi connectivity index (χ0) is 14.0. The number of nitrogens with zero attached hydrogens (tertiary/aromatic N) is 2. The highest BCUT2D eigenvalue weighted by molar-refractivity contribution is 7.11. The van der Waals surface area contributed by atoms with Gasteiger partial charge in [0.2, 0.25) is 0 Å². The van der Waals surface area contributed by atoms with Gasteiger partial charge in [-0.05, 0) is 39.0 Å². The van der Waals surface area contributed by atoms with Crippen LogP contribution in [0.15, 0.2) is 18.2 Å². The molecule has 98 valence electrons. The van der Waals surface area contributed by atoms with Gasteiger partial charge in [0.15, 0.2) is 0 Å². The maximum absolute atomic E-state index is 8.84. The number of aromatic nitrogens is 1. The Bertz CT molecular complexity index is 643. The van der Waals surface area contributed by atoms with Crippen molar-refractivity contribution in [1.82, 2.24) is 4.98 Å². The molecule has 1 N–H and O–H groups in total. The van der Waals surface area contributed by atoms with E-state index in [1.165, 1.54) is 4.88 Å². The van der Waals surface area contributed by atoms with Gasteiger partial charge >= 0.3 is 0 Å². The molecule has 0 aliphatic carbocycles. The SMILES string of the molecule is Cc1nc(C(C)Nc2ccc(C#N)c(Cl)c2)c(C)s1. The number of thiazole rings is 1. The minimum absolute atomic E-state index is 0.106. The van der Waals surface area contributed by atoms with Gasteiger partial charge in [-0.15, -0.1) is 11.3 Å². The van der Waals surface area contributed by atoms with Gasteiger partial charge < -0.3 is 5.32 Å². The zero-order valence-corrected chi connectivity index (χ0v) is 12.6. The molecule has 2 rings (SSSR count). The van der Waals surface area contributed by atoms with E-state index in [4.69, 9.17) is 16.9 Å². The highest BCUT2D eigenvalue weighted by Gasteiger charge is 2.13. The van der Waals surface area contributed by atoms with Crippen LogP contribution in [0.2, 0.25) is 5.02 Å². The summed E-state index contributed by atoms with van der Waals surface area (Å²) in [6, 6.07) is 7.50. The first-order chi connectivity index (χ1) is 9.01. The van der Waals surface area contributed by atoms with Gasteiger partial charge in [0.25, 0.3) is 0 Å². The molecule has 5 heteroatoms. The summed E-state index contributed by atoms with van der Waals surface area (Å²) in [5.74, 6) is 0. The lowest BCUT2D eigenvalue weighted by atomic mass is 10.1. The summed E-state index contributed by atoms with van der Waals surface area (Å²) in [4.78, 5) is 5.75. The predicted molar refractivity (Wildman–Crippen MR) is 79.8 cm³/mol. The molecular formula is C14H14ClN3S. The quantitative estimate of drug-likeness (QED) is 0.908. The molecule has 1 heterocycles. The molecule has 0 aliphatic heterocycles. The standard InChI is InChI=1S/C14H14ClN3S/c1-8(14-9(2)19-10(3)18-14)17-12-5-4-11(7-16)13(15)6-12/h4-6,8,17H,1-3H3. The number of anilines is 1. The predicted octanol–water partition coefficient (Wildman–Crippen LogP) is 4.46. The van der Waals surface area contributed by atoms with Crippen molar-refractivity contribution in [2.75, 3.05) is 5.32 Å². The van der Waals surface area contributed by atoms with Crippen LogP contribution < -0.4 is 5.32 Å². The van der Waals surface area contributed by atoms with E-state index < -0.39 is 0 Å². The van der Waals surface area contributed by atoms with Crippen molar-refractivity contribution in [3.8, 4) is 6.07 Å². The number of hydrogen-bond donors (Lipinski definition) is 1. The molecule has 0 fully saturated rings. The molecule has 0 spiro atoms. The van der Waals surface area contributed by atoms with Crippen molar-refractivity contribution in [3.05, 3.63) is 44.4 Å². The lowest BCUT2D eigenvalue weighted by molar-refractivity contribution is 0.837. The van der Waals surface area contributed by atoms with Crippen molar-refractivity contribution < 1.29 is 0 Å². The van der Waals surface area contributed by atoms with Gasteiger partial charge in [-0.25, -0.2) is 4.98 Å². The summed E-state index contributed by atoms with van der Waals surface area (Å²) >= 11 is 7.72. The Labute approximate surface area is 121 Å². The average Bonchev–Trinajstić information content (AvgIpc) is 2.69. The fourth-order valence-corrected chi connectivity index (χ4v) is 3.10. The zero-order valence-electron chi connectivity index (χ0n) is 11.0. The fourth-order valence-electron chi connectivity index (χ4n) is 1.96. The van der Waals surface area contributed by atoms with E-state index in [9.17, 15) is 0 Å². The van der Waals surface area contributed by atoms with Gasteiger partial charge in [0, 0.05) is 10.6 Å². The topological polar surface area (TPSA) is 48.7 Å². The van der Waals surface area contributed by atoms with Gasteiger partial charge in [0.05, 0.1) is 27.3 Å². The van der Waals surface area contributed by atoms with Crippen molar-refractivity contribution in [2.24, 2.45) is 0 Å². The normalized spacial score (nSPS) is 11.9. The van der Waals surface area contributed by atoms with E-state index in [0.717, 1.165) is 16.4 Å². The van der Waals surface area contributed by atoms with Crippen LogP contribution in [-0.4, -0.2) is 4.98 Å². The lowest BCUT2D eigenvalue weighted by Crippen LogP contribution is -2.08. The summed E-state index contributed by atoms with van der Waals surface area (Å²) in [7, 11) is 0. The van der Waals surface area contributed by atoms with E-state index in [1.54, 1.807) is 23.5 Å². The number of nitrogens with one attached hydrogen (secondary N) is 1. The Morgan fingerprint density at radius 3 is 2.68 bits per heavy atom. The number of hydrogen-bond acceptors (Lipinski definition) is 4. The molecule has 3 nitrogen and oxygen atoms in total. The third-order valence-corrected chi connectivity index (χ3v) is 4.04. The summed E-state index contributed by atoms with van der Waals surface area (Å²) < 4.78 is 0. The molecule has 1 aromatic heterocycles. The van der Waals surface area contributed by atoms with Gasteiger partial charge in [-0.3, -0.25) is 0 Å². The first-order valence-electron chi connectivity index (χ1n) is 5.91. The molecule has 0 bridgehead atoms. The van der Waals surface area contributed by atoms with Crippen LogP contribution in [0.5, 0.6) is 0 Å². The molecule has 0 saturated heterocycles. The minimum Gasteiger partial charge on any atom is -0.377 e. The summed E-state index contributed by atoms with van der Waals surface area (Å²) in [5.41, 5.74) is 2.44. The van der Waals surface area contributed by atoms with Gasteiger partial charge in [-0.1, -0.05) is 11.6 Å². The number of aryl methyl sites for hydroxylation is 2. The molecule has 1 atom stereocenters. The van der Waals surface area contributed by atoms with Gasteiger partial charge in [0.1, 0.15) is 6.07 Å². The second-order valence-electron chi connectivity index (χ2n) is 4.35. The smallest absolute Gasteiger partial charge is 0.101 e. The van der Waals surface area contributed by atoms with E-state index in [0.29, 0.717) is 10.6 Å². The van der Waals surface area contributed by atoms with Crippen molar-refractivity contribution >= 4 is 28.6 Å². The Kier molecular flexibility index (Phi) is 4.08. The van der Waals surface area contributed by atoms with Crippen LogP contribution in [0, 0.1) is 25.2 Å². The monoisotopic (exact) mass is 291 g/mol. The van der Waals surface area contributed by atoms with Crippen molar-refractivity contribution in [1.29, 1.82) is 5.26 Å². The summed E-state index contributed by atoms with van der Waals surface area (Å²) in [5, 5.41) is 13.7. The Morgan fingerprint density at radius 1 is 1.42 bits per heavy atom. The van der Waals surface area contributed by atoms with E-state index in [-0.39, 0.29) is 6.04 Å². The molecular weight excluding hydrogens is 278 g/mol. The molecule has 2 aromatic rings. The summed E-state index contributed by atoms with van der Waals surface area (Å²) in [6.45, 7) is 6.14. The largest absolute Gasteiger partial charge is 0.377 e. The number of halogens is 1. The van der Waals surface area contributed by atoms with Crippen LogP contribution in [0.4, 0.5) is 5.69 Å². The molecule has 0 saturated carbocycles. The first kappa shape index (κ1) is 13.9. The molecule has 1 unspecified atom stereocenters. The fraction of sp³-hybridized carbons (Fsp3) is 0.286. The highest BCUT2D eigenvalue weighted by atomic mass is 35.5. The Morgan fingerprint density at radius 2 is 2.16 bits per heavy atom. The van der Waals surface area contributed by atoms with Crippen LogP contribution >= 0.6 is 22.9 Å². The van der Waals surface area contributed by atoms with Crippen LogP contribution in [0.1, 0.15) is 34.1 Å². The van der Waals surface area contributed by atoms with E-state index in [1.807, 2.05) is 19.1 Å². The minimum atomic E-state index is 0.106. The average molecular weight is 292 g/mol. The highest BCUT2D eigenvalue weighted by Crippen LogP contribution is 2.27. The number of benzene rings is 1. The second-order valence-corrected chi connectivity index (χ2v) is 6.16. The third-order valence-electron chi connectivity index (χ3n) is 2.82.